The smallest absolute Gasteiger partial charge is 0.354 e. The normalized spacial score (nSPS) is 15.0. The Morgan fingerprint density at radius 1 is 1.08 bits per heavy atom. The van der Waals surface area contributed by atoms with E-state index in [4.69, 9.17) is 0 Å². The zero-order valence-corrected chi connectivity index (χ0v) is 13.7. The number of hydrogen-bond acceptors (Lipinski definition) is 2. The van der Waals surface area contributed by atoms with Gasteiger partial charge >= 0.3 is 6.18 Å². The van der Waals surface area contributed by atoms with Crippen LogP contribution in [-0.2, 0) is 21.2 Å². The van der Waals surface area contributed by atoms with Gasteiger partial charge in [0.15, 0.2) is 0 Å². The minimum Gasteiger partial charge on any atom is -0.354 e. The minimum absolute atomic E-state index is 0.0126. The highest BCUT2D eigenvalue weighted by molar-refractivity contribution is 5.87. The van der Waals surface area contributed by atoms with Crippen LogP contribution in [0.5, 0.6) is 0 Å². The van der Waals surface area contributed by atoms with Crippen molar-refractivity contribution in [2.75, 3.05) is 13.1 Å². The van der Waals surface area contributed by atoms with E-state index in [1.165, 1.54) is 12.1 Å². The third-order valence-corrected chi connectivity index (χ3v) is 4.14. The molecule has 0 aromatic heterocycles. The molecule has 0 spiro atoms. The van der Waals surface area contributed by atoms with Crippen molar-refractivity contribution in [1.29, 1.82) is 0 Å². The van der Waals surface area contributed by atoms with E-state index in [9.17, 15) is 22.8 Å². The molecule has 0 radical (unpaired) electrons. The zero-order chi connectivity index (χ0) is 18.0. The second-order valence-corrected chi connectivity index (χ2v) is 6.52. The summed E-state index contributed by atoms with van der Waals surface area (Å²) >= 11 is 0. The number of amides is 2. The molecule has 0 unspecified atom stereocenters. The average Bonchev–Trinajstić information content (AvgIpc) is 3.35. The van der Waals surface area contributed by atoms with Crippen LogP contribution in [0.1, 0.15) is 37.8 Å². The van der Waals surface area contributed by atoms with Gasteiger partial charge in [0, 0.05) is 19.0 Å². The van der Waals surface area contributed by atoms with Crippen LogP contribution >= 0.6 is 0 Å². The Hall–Kier alpha value is -2.05. The van der Waals surface area contributed by atoms with E-state index in [0.29, 0.717) is 6.54 Å². The summed E-state index contributed by atoms with van der Waals surface area (Å²) in [4.78, 5) is 23.8. The van der Waals surface area contributed by atoms with Crippen LogP contribution in [0, 0.1) is 5.92 Å². The molecule has 24 heavy (non-hydrogen) atoms. The van der Waals surface area contributed by atoms with Crippen molar-refractivity contribution in [2.24, 2.45) is 5.92 Å². The number of rotatable bonds is 6. The van der Waals surface area contributed by atoms with Crippen LogP contribution in [0.15, 0.2) is 24.3 Å². The first kappa shape index (κ1) is 18.3. The third-order valence-electron chi connectivity index (χ3n) is 4.14. The van der Waals surface area contributed by atoms with Crippen molar-refractivity contribution in [2.45, 2.75) is 38.3 Å². The summed E-state index contributed by atoms with van der Waals surface area (Å²) in [7, 11) is 0. The van der Waals surface area contributed by atoms with Gasteiger partial charge in [-0.1, -0.05) is 18.2 Å². The molecule has 0 saturated heterocycles. The van der Waals surface area contributed by atoms with Crippen LogP contribution in [0.2, 0.25) is 0 Å². The topological polar surface area (TPSA) is 58.2 Å². The van der Waals surface area contributed by atoms with Crippen molar-refractivity contribution in [3.05, 3.63) is 35.4 Å². The summed E-state index contributed by atoms with van der Waals surface area (Å²) in [6, 6.07) is 4.77. The van der Waals surface area contributed by atoms with Gasteiger partial charge in [-0.05, 0) is 38.3 Å². The fourth-order valence-corrected chi connectivity index (χ4v) is 2.29. The molecule has 2 amide bonds. The first-order valence-corrected chi connectivity index (χ1v) is 7.86. The van der Waals surface area contributed by atoms with E-state index in [0.717, 1.165) is 25.0 Å². The highest BCUT2D eigenvalue weighted by Crippen LogP contribution is 2.33. The third kappa shape index (κ3) is 4.49. The Morgan fingerprint density at radius 3 is 2.25 bits per heavy atom. The summed E-state index contributed by atoms with van der Waals surface area (Å²) in [5.74, 6) is -0.300. The highest BCUT2D eigenvalue weighted by atomic mass is 19.4. The maximum Gasteiger partial charge on any atom is 0.416 e. The van der Waals surface area contributed by atoms with Gasteiger partial charge in [0.1, 0.15) is 0 Å². The average molecular weight is 342 g/mol. The molecule has 1 saturated carbocycles. The van der Waals surface area contributed by atoms with E-state index in [2.05, 4.69) is 10.6 Å². The lowest BCUT2D eigenvalue weighted by atomic mass is 9.83. The maximum atomic E-state index is 12.8. The Bertz CT molecular complexity index is 623. The summed E-state index contributed by atoms with van der Waals surface area (Å²) in [6.45, 7) is 3.68. The molecule has 4 nitrogen and oxygen atoms in total. The fraction of sp³-hybridized carbons (Fsp3) is 0.529. The van der Waals surface area contributed by atoms with Crippen LogP contribution in [-0.4, -0.2) is 24.9 Å². The van der Waals surface area contributed by atoms with Gasteiger partial charge in [-0.25, -0.2) is 0 Å². The van der Waals surface area contributed by atoms with E-state index >= 15 is 0 Å². The van der Waals surface area contributed by atoms with E-state index in [-0.39, 0.29) is 29.8 Å². The van der Waals surface area contributed by atoms with Crippen LogP contribution < -0.4 is 10.6 Å². The largest absolute Gasteiger partial charge is 0.416 e. The van der Waals surface area contributed by atoms with Gasteiger partial charge < -0.3 is 10.6 Å². The standard InChI is InChI=1S/C17H21F3N2O2/c1-16(2,12-4-3-5-13(10-12)17(18,19)20)15(24)22-9-8-21-14(23)11-6-7-11/h3-5,10-11H,6-9H2,1-2H3,(H,21,23)(H,22,24). The van der Waals surface area contributed by atoms with Gasteiger partial charge in [0.25, 0.3) is 0 Å². The summed E-state index contributed by atoms with van der Waals surface area (Å²) in [5.41, 5.74) is -1.60. The molecule has 1 aliphatic rings. The second-order valence-electron chi connectivity index (χ2n) is 6.52. The summed E-state index contributed by atoms with van der Waals surface area (Å²) < 4.78 is 38.4. The highest BCUT2D eigenvalue weighted by Gasteiger charge is 2.35. The Kier molecular flexibility index (Phi) is 5.20. The molecule has 1 aromatic carbocycles. The van der Waals surface area contributed by atoms with Crippen molar-refractivity contribution in [1.82, 2.24) is 10.6 Å². The van der Waals surface area contributed by atoms with Gasteiger partial charge in [0.05, 0.1) is 11.0 Å². The molecular formula is C17H21F3N2O2. The van der Waals surface area contributed by atoms with Crippen molar-refractivity contribution in [3.8, 4) is 0 Å². The SMILES string of the molecule is CC(C)(C(=O)NCCNC(=O)C1CC1)c1cccc(C(F)(F)F)c1. The first-order chi connectivity index (χ1) is 11.1. The Balaban J connectivity index is 1.93. The van der Waals surface area contributed by atoms with Crippen LogP contribution in [0.25, 0.3) is 0 Å². The van der Waals surface area contributed by atoms with Gasteiger partial charge in [0.2, 0.25) is 11.8 Å². The molecule has 1 aromatic rings. The Morgan fingerprint density at radius 2 is 1.67 bits per heavy atom. The van der Waals surface area contributed by atoms with Crippen LogP contribution in [0.4, 0.5) is 13.2 Å². The quantitative estimate of drug-likeness (QED) is 0.781. The summed E-state index contributed by atoms with van der Waals surface area (Å²) in [5, 5.41) is 5.38. The molecule has 0 atom stereocenters. The van der Waals surface area contributed by atoms with Crippen molar-refractivity contribution in [3.63, 3.8) is 0 Å². The number of benzene rings is 1. The molecule has 132 valence electrons. The number of halogens is 3. The van der Waals surface area contributed by atoms with Crippen molar-refractivity contribution < 1.29 is 22.8 Å². The lowest BCUT2D eigenvalue weighted by molar-refractivity contribution is -0.138. The number of hydrogen-bond donors (Lipinski definition) is 2. The molecule has 1 fully saturated rings. The lowest BCUT2D eigenvalue weighted by Crippen LogP contribution is -2.43. The fourth-order valence-electron chi connectivity index (χ4n) is 2.29. The molecule has 2 N–H and O–H groups in total. The van der Waals surface area contributed by atoms with Gasteiger partial charge in [-0.2, -0.15) is 13.2 Å². The lowest BCUT2D eigenvalue weighted by Gasteiger charge is -2.25. The van der Waals surface area contributed by atoms with Gasteiger partial charge in [-0.15, -0.1) is 0 Å². The minimum atomic E-state index is -4.45. The molecule has 0 heterocycles. The number of carbonyl (C=O) groups excluding carboxylic acids is 2. The maximum absolute atomic E-state index is 12.8. The zero-order valence-electron chi connectivity index (χ0n) is 13.7. The predicted molar refractivity (Wildman–Crippen MR) is 83.2 cm³/mol. The molecule has 1 aliphatic carbocycles. The molecule has 7 heteroatoms. The number of nitrogens with one attached hydrogen (secondary N) is 2. The van der Waals surface area contributed by atoms with E-state index < -0.39 is 17.2 Å². The van der Waals surface area contributed by atoms with Gasteiger partial charge in [-0.3, -0.25) is 9.59 Å². The summed E-state index contributed by atoms with van der Waals surface area (Å²) in [6.07, 6.45) is -2.64. The van der Waals surface area contributed by atoms with E-state index in [1.807, 2.05) is 0 Å². The number of alkyl halides is 3. The van der Waals surface area contributed by atoms with Crippen LogP contribution in [0.3, 0.4) is 0 Å². The molecule has 2 rings (SSSR count). The Labute approximate surface area is 138 Å². The number of carbonyl (C=O) groups is 2. The molecular weight excluding hydrogens is 321 g/mol. The monoisotopic (exact) mass is 342 g/mol. The molecule has 0 aliphatic heterocycles. The predicted octanol–water partition coefficient (Wildman–Crippen LogP) is 2.63. The second kappa shape index (κ2) is 6.83. The van der Waals surface area contributed by atoms with E-state index in [1.54, 1.807) is 13.8 Å². The molecule has 0 bridgehead atoms. The van der Waals surface area contributed by atoms with Crippen molar-refractivity contribution >= 4 is 11.8 Å². The first-order valence-electron chi connectivity index (χ1n) is 7.86.